The van der Waals surface area contributed by atoms with E-state index >= 15 is 0 Å². The molecule has 1 aromatic heterocycles. The molecule has 1 atom stereocenters. The van der Waals surface area contributed by atoms with Crippen molar-refractivity contribution in [3.8, 4) is 5.75 Å². The second-order valence-electron chi connectivity index (χ2n) is 8.71. The van der Waals surface area contributed by atoms with Gasteiger partial charge in [0.15, 0.2) is 0 Å². The minimum atomic E-state index is -0.805. The predicted molar refractivity (Wildman–Crippen MR) is 123 cm³/mol. The van der Waals surface area contributed by atoms with Crippen LogP contribution in [-0.2, 0) is 0 Å². The van der Waals surface area contributed by atoms with Crippen molar-refractivity contribution in [3.05, 3.63) is 24.0 Å². The van der Waals surface area contributed by atoms with E-state index in [-0.39, 0.29) is 51.4 Å². The van der Waals surface area contributed by atoms with E-state index in [1.54, 1.807) is 0 Å². The van der Waals surface area contributed by atoms with E-state index < -0.39 is 11.6 Å². The normalized spacial score (nSPS) is 19.5. The Morgan fingerprint density at radius 3 is 2.45 bits per heavy atom. The minimum Gasteiger partial charge on any atom is -0.870 e. The van der Waals surface area contributed by atoms with E-state index in [1.807, 2.05) is 0 Å². The van der Waals surface area contributed by atoms with Crippen LogP contribution in [0, 0.1) is 5.82 Å². The summed E-state index contributed by atoms with van der Waals surface area (Å²) < 4.78 is 13.7. The van der Waals surface area contributed by atoms with Gasteiger partial charge >= 0.3 is 51.4 Å². The smallest absolute Gasteiger partial charge is 0.870 e. The van der Waals surface area contributed by atoms with Crippen LogP contribution in [0.1, 0.15) is 58.3 Å². The Bertz CT molecular complexity index is 895. The molecular formula is C23H33FKN7O. The molecule has 10 heteroatoms. The summed E-state index contributed by atoms with van der Waals surface area (Å²) in [4.78, 5) is 16.1. The zero-order valence-electron chi connectivity index (χ0n) is 19.7. The van der Waals surface area contributed by atoms with Gasteiger partial charge < -0.3 is 21.1 Å². The van der Waals surface area contributed by atoms with Gasteiger partial charge in [-0.05, 0) is 50.9 Å². The average molecular weight is 482 g/mol. The first-order valence-electron chi connectivity index (χ1n) is 11.8. The summed E-state index contributed by atoms with van der Waals surface area (Å²) in [5, 5.41) is 21.3. The van der Waals surface area contributed by atoms with Crippen LogP contribution < -0.4 is 72.4 Å². The molecule has 2 heterocycles. The van der Waals surface area contributed by atoms with Crippen molar-refractivity contribution in [3.63, 3.8) is 0 Å². The summed E-state index contributed by atoms with van der Waals surface area (Å²) in [6.45, 7) is 5.11. The van der Waals surface area contributed by atoms with Gasteiger partial charge in [-0.3, -0.25) is 4.90 Å². The molecule has 4 rings (SSSR count). The third-order valence-electron chi connectivity index (χ3n) is 6.41. The van der Waals surface area contributed by atoms with E-state index in [0.717, 1.165) is 45.0 Å². The summed E-state index contributed by atoms with van der Waals surface area (Å²) >= 11 is 0. The molecule has 174 valence electrons. The second-order valence-corrected chi connectivity index (χ2v) is 8.71. The first kappa shape index (κ1) is 26.6. The van der Waals surface area contributed by atoms with Gasteiger partial charge in [0.25, 0.3) is 0 Å². The average Bonchev–Trinajstić information content (AvgIpc) is 3.09. The van der Waals surface area contributed by atoms with E-state index in [0.29, 0.717) is 35.6 Å². The third-order valence-corrected chi connectivity index (χ3v) is 6.41. The van der Waals surface area contributed by atoms with Crippen molar-refractivity contribution in [2.45, 2.75) is 70.4 Å². The quantitative estimate of drug-likeness (QED) is 0.377. The number of nitrogens with zero attached hydrogens (tertiary/aromatic N) is 4. The molecule has 8 nitrogen and oxygen atoms in total. The minimum absolute atomic E-state index is 0. The zero-order valence-corrected chi connectivity index (χ0v) is 22.9. The molecule has 1 aromatic carbocycles. The van der Waals surface area contributed by atoms with Crippen molar-refractivity contribution in [1.82, 2.24) is 19.9 Å². The molecule has 2 aromatic rings. The Balaban J connectivity index is 0.00000306. The van der Waals surface area contributed by atoms with Crippen LogP contribution in [-0.4, -0.2) is 51.6 Å². The number of halogens is 1. The molecule has 1 saturated heterocycles. The number of anilines is 4. The molecule has 1 aliphatic carbocycles. The van der Waals surface area contributed by atoms with E-state index in [4.69, 9.17) is 0 Å². The number of likely N-dealkylation sites (N-methyl/N-ethyl adjacent to an activating group) is 1. The number of likely N-dealkylation sites (tertiary alicyclic amines) is 1. The van der Waals surface area contributed by atoms with Gasteiger partial charge in [-0.15, -0.1) is 0 Å². The molecule has 0 bridgehead atoms. The van der Waals surface area contributed by atoms with Gasteiger partial charge in [-0.2, -0.15) is 15.0 Å². The molecule has 0 radical (unpaired) electrons. The fourth-order valence-electron chi connectivity index (χ4n) is 4.64. The molecule has 3 N–H and O–H groups in total. The predicted octanol–water partition coefficient (Wildman–Crippen LogP) is 0.863. The fraction of sp³-hybridized carbons (Fsp3) is 0.609. The first-order chi connectivity index (χ1) is 15.6. The van der Waals surface area contributed by atoms with Crippen molar-refractivity contribution >= 4 is 23.5 Å². The van der Waals surface area contributed by atoms with E-state index in [9.17, 15) is 9.50 Å². The zero-order chi connectivity index (χ0) is 22.3. The van der Waals surface area contributed by atoms with Gasteiger partial charge in [-0.25, -0.2) is 4.39 Å². The van der Waals surface area contributed by atoms with Crippen LogP contribution >= 0.6 is 0 Å². The third kappa shape index (κ3) is 7.73. The van der Waals surface area contributed by atoms with Crippen molar-refractivity contribution in [1.29, 1.82) is 0 Å². The van der Waals surface area contributed by atoms with Gasteiger partial charge in [0.05, 0.1) is 0 Å². The maximum atomic E-state index is 13.7. The number of hydrogen-bond acceptors (Lipinski definition) is 8. The maximum Gasteiger partial charge on any atom is 1.00 e. The van der Waals surface area contributed by atoms with E-state index in [1.165, 1.54) is 44.2 Å². The molecule has 0 spiro atoms. The summed E-state index contributed by atoms with van der Waals surface area (Å²) in [5.74, 6) is -0.129. The topological polar surface area (TPSA) is 101 Å². The number of nitrogens with one attached hydrogen (secondary N) is 3. The molecule has 1 unspecified atom stereocenters. The van der Waals surface area contributed by atoms with Crippen molar-refractivity contribution in [2.75, 3.05) is 35.6 Å². The van der Waals surface area contributed by atoms with E-state index in [2.05, 4.69) is 42.7 Å². The molecule has 0 amide bonds. The van der Waals surface area contributed by atoms with Gasteiger partial charge in [0.2, 0.25) is 17.8 Å². The van der Waals surface area contributed by atoms with Crippen LogP contribution in [0.3, 0.4) is 0 Å². The molecule has 1 saturated carbocycles. The number of benzene rings is 1. The van der Waals surface area contributed by atoms with Crippen LogP contribution in [0.4, 0.5) is 27.9 Å². The van der Waals surface area contributed by atoms with Gasteiger partial charge in [0.1, 0.15) is 5.82 Å². The maximum absolute atomic E-state index is 13.7. The second kappa shape index (κ2) is 13.2. The molecule has 2 aliphatic rings. The fourth-order valence-corrected chi connectivity index (χ4v) is 4.64. The summed E-state index contributed by atoms with van der Waals surface area (Å²) in [6.07, 6.45) is 9.51. The van der Waals surface area contributed by atoms with Crippen LogP contribution in [0.2, 0.25) is 0 Å². The summed E-state index contributed by atoms with van der Waals surface area (Å²) in [7, 11) is 0. The monoisotopic (exact) mass is 481 g/mol. The summed E-state index contributed by atoms with van der Waals surface area (Å²) in [5.41, 5.74) is 0.424. The number of rotatable bonds is 8. The van der Waals surface area contributed by atoms with Crippen molar-refractivity contribution in [2.24, 2.45) is 0 Å². The van der Waals surface area contributed by atoms with Crippen molar-refractivity contribution < 1.29 is 60.9 Å². The number of hydrogen-bond donors (Lipinski definition) is 3. The van der Waals surface area contributed by atoms with Crippen LogP contribution in [0.15, 0.2) is 18.2 Å². The Morgan fingerprint density at radius 1 is 1.00 bits per heavy atom. The Hall–Kier alpha value is -1.04. The SMILES string of the molecule is CCN1CCCC1CNc1nc(Nc2ccc([O-])c(F)c2)nc(NC2CCCCCC2)n1.[K+]. The molecule has 1 aliphatic heterocycles. The van der Waals surface area contributed by atoms with Crippen LogP contribution in [0.5, 0.6) is 5.75 Å². The number of aromatic nitrogens is 3. The molecular weight excluding hydrogens is 448 g/mol. The molecule has 33 heavy (non-hydrogen) atoms. The Kier molecular flexibility index (Phi) is 10.6. The first-order valence-corrected chi connectivity index (χ1v) is 11.8. The summed E-state index contributed by atoms with van der Waals surface area (Å²) in [6, 6.07) is 4.68. The van der Waals surface area contributed by atoms with Gasteiger partial charge in [-0.1, -0.05) is 44.4 Å². The Labute approximate surface area is 238 Å². The van der Waals surface area contributed by atoms with Gasteiger partial charge in [0, 0.05) is 24.3 Å². The molecule has 2 fully saturated rings. The standard InChI is InChI=1S/C23H34FN7O.K/c1-2-31-13-7-10-18(31)15-25-21-28-22(26-16-8-5-3-4-6-9-16)30-23(29-21)27-17-11-12-20(32)19(24)14-17;/h11-12,14,16,18,32H,2-10,13,15H2,1H3,(H3,25,26,27,28,29,30);/q;+1/p-1. The largest absolute Gasteiger partial charge is 1.00 e. The van der Waals surface area contributed by atoms with Crippen LogP contribution in [0.25, 0.3) is 0 Å². The Morgan fingerprint density at radius 2 is 1.73 bits per heavy atom.